The third kappa shape index (κ3) is 4.30. The van der Waals surface area contributed by atoms with Crippen molar-refractivity contribution in [3.63, 3.8) is 0 Å². The van der Waals surface area contributed by atoms with E-state index in [9.17, 15) is 14.9 Å². The highest BCUT2D eigenvalue weighted by atomic mass is 32.1. The molecular formula is C11H11N3O3S. The van der Waals surface area contributed by atoms with Gasteiger partial charge in [-0.2, -0.15) is 0 Å². The van der Waals surface area contributed by atoms with Crippen LogP contribution in [0.2, 0.25) is 0 Å². The van der Waals surface area contributed by atoms with Gasteiger partial charge >= 0.3 is 0 Å². The molecule has 7 heteroatoms. The minimum absolute atomic E-state index is 0.0247. The maximum absolute atomic E-state index is 11.3. The maximum atomic E-state index is 11.3. The first-order valence-electron chi connectivity index (χ1n) is 4.98. The number of carbonyl (C=O) groups excluding carboxylic acids is 1. The quantitative estimate of drug-likeness (QED) is 0.371. The highest BCUT2D eigenvalue weighted by Crippen LogP contribution is 2.13. The molecule has 0 saturated carbocycles. The molecule has 2 N–H and O–H groups in total. The van der Waals surface area contributed by atoms with Crippen LogP contribution in [0.1, 0.15) is 5.56 Å². The van der Waals surface area contributed by atoms with Crippen molar-refractivity contribution in [2.45, 2.75) is 0 Å². The zero-order chi connectivity index (χ0) is 13.5. The SMILES string of the molecule is CNC(=S)NC(=O)/C=C/c1cccc([N+](=O)[O-])c1. The van der Waals surface area contributed by atoms with Crippen LogP contribution in [0.25, 0.3) is 6.08 Å². The number of nitro benzene ring substituents is 1. The summed E-state index contributed by atoms with van der Waals surface area (Å²) in [5, 5.41) is 15.8. The molecule has 0 radical (unpaired) electrons. The molecule has 0 atom stereocenters. The zero-order valence-corrected chi connectivity index (χ0v) is 10.4. The number of hydrogen-bond acceptors (Lipinski definition) is 4. The fourth-order valence-corrected chi connectivity index (χ4v) is 1.23. The molecule has 1 aromatic carbocycles. The molecular weight excluding hydrogens is 254 g/mol. The molecule has 0 unspecified atom stereocenters. The lowest BCUT2D eigenvalue weighted by Crippen LogP contribution is -2.36. The van der Waals surface area contributed by atoms with Crippen LogP contribution in [0.4, 0.5) is 5.69 Å². The van der Waals surface area contributed by atoms with Crippen molar-refractivity contribution in [3.8, 4) is 0 Å². The third-order valence-electron chi connectivity index (χ3n) is 1.97. The van der Waals surface area contributed by atoms with Crippen LogP contribution in [0.3, 0.4) is 0 Å². The van der Waals surface area contributed by atoms with Gasteiger partial charge in [-0.25, -0.2) is 0 Å². The summed E-state index contributed by atoms with van der Waals surface area (Å²) in [6.45, 7) is 0. The molecule has 0 bridgehead atoms. The summed E-state index contributed by atoms with van der Waals surface area (Å²) in [6.07, 6.45) is 2.73. The summed E-state index contributed by atoms with van der Waals surface area (Å²) in [6, 6.07) is 5.97. The van der Waals surface area contributed by atoms with Gasteiger partial charge in [0.05, 0.1) is 4.92 Å². The van der Waals surface area contributed by atoms with Crippen molar-refractivity contribution in [1.82, 2.24) is 10.6 Å². The lowest BCUT2D eigenvalue weighted by Gasteiger charge is -2.01. The van der Waals surface area contributed by atoms with Crippen LogP contribution >= 0.6 is 12.2 Å². The summed E-state index contributed by atoms with van der Waals surface area (Å²) in [4.78, 5) is 21.4. The van der Waals surface area contributed by atoms with Gasteiger partial charge in [-0.1, -0.05) is 12.1 Å². The Bertz CT molecular complexity index is 514. The van der Waals surface area contributed by atoms with Gasteiger partial charge in [0.25, 0.3) is 5.69 Å². The van der Waals surface area contributed by atoms with Gasteiger partial charge in [0.15, 0.2) is 5.11 Å². The number of nitrogens with one attached hydrogen (secondary N) is 2. The molecule has 0 heterocycles. The second-order valence-corrected chi connectivity index (χ2v) is 3.66. The molecule has 1 rings (SSSR count). The number of thiocarbonyl (C=S) groups is 1. The molecule has 0 aliphatic carbocycles. The predicted octanol–water partition coefficient (Wildman–Crippen LogP) is 1.23. The van der Waals surface area contributed by atoms with Gasteiger partial charge in [0.1, 0.15) is 0 Å². The summed E-state index contributed by atoms with van der Waals surface area (Å²) < 4.78 is 0. The van der Waals surface area contributed by atoms with E-state index in [2.05, 4.69) is 10.6 Å². The second-order valence-electron chi connectivity index (χ2n) is 3.25. The van der Waals surface area contributed by atoms with Crippen molar-refractivity contribution < 1.29 is 9.72 Å². The topological polar surface area (TPSA) is 84.3 Å². The summed E-state index contributed by atoms with van der Waals surface area (Å²) in [5.41, 5.74) is 0.540. The molecule has 94 valence electrons. The highest BCUT2D eigenvalue weighted by molar-refractivity contribution is 7.80. The van der Waals surface area contributed by atoms with E-state index >= 15 is 0 Å². The fourth-order valence-electron chi connectivity index (χ4n) is 1.13. The van der Waals surface area contributed by atoms with E-state index in [0.717, 1.165) is 0 Å². The number of rotatable bonds is 3. The number of benzene rings is 1. The minimum Gasteiger partial charge on any atom is -0.365 e. The average molecular weight is 265 g/mol. The molecule has 0 aromatic heterocycles. The van der Waals surface area contributed by atoms with Crippen LogP contribution in [0.5, 0.6) is 0 Å². The minimum atomic E-state index is -0.493. The standard InChI is InChI=1S/C11H11N3O3S/c1-12-11(18)13-10(15)6-5-8-3-2-4-9(7-8)14(16)17/h2-7H,1H3,(H2,12,13,15,18)/b6-5+. The summed E-state index contributed by atoms with van der Waals surface area (Å²) in [7, 11) is 1.59. The number of nitro groups is 1. The van der Waals surface area contributed by atoms with Gasteiger partial charge in [-0.3, -0.25) is 20.2 Å². The van der Waals surface area contributed by atoms with Crippen molar-refractivity contribution in [2.24, 2.45) is 0 Å². The molecule has 0 spiro atoms. The Balaban J connectivity index is 2.72. The van der Waals surface area contributed by atoms with Crippen LogP contribution in [-0.2, 0) is 4.79 Å². The average Bonchev–Trinajstić information content (AvgIpc) is 2.36. The normalized spacial score (nSPS) is 10.1. The number of nitrogens with zero attached hydrogens (tertiary/aromatic N) is 1. The Hall–Kier alpha value is -2.28. The summed E-state index contributed by atoms with van der Waals surface area (Å²) >= 11 is 4.75. The first-order valence-corrected chi connectivity index (χ1v) is 5.39. The van der Waals surface area contributed by atoms with E-state index in [-0.39, 0.29) is 10.8 Å². The Morgan fingerprint density at radius 3 is 2.83 bits per heavy atom. The maximum Gasteiger partial charge on any atom is 0.270 e. The van der Waals surface area contributed by atoms with Gasteiger partial charge < -0.3 is 5.32 Å². The number of hydrogen-bond donors (Lipinski definition) is 2. The molecule has 0 fully saturated rings. The van der Waals surface area contributed by atoms with E-state index in [1.165, 1.54) is 24.3 Å². The fraction of sp³-hybridized carbons (Fsp3) is 0.0909. The molecule has 1 amide bonds. The van der Waals surface area contributed by atoms with Crippen molar-refractivity contribution >= 4 is 35.0 Å². The first kappa shape index (κ1) is 13.8. The van der Waals surface area contributed by atoms with Crippen LogP contribution < -0.4 is 10.6 Å². The Labute approximate surface area is 109 Å². The monoisotopic (exact) mass is 265 g/mol. The largest absolute Gasteiger partial charge is 0.365 e. The van der Waals surface area contributed by atoms with Gasteiger partial charge in [0.2, 0.25) is 5.91 Å². The van der Waals surface area contributed by atoms with Crippen LogP contribution in [0, 0.1) is 10.1 Å². The molecule has 18 heavy (non-hydrogen) atoms. The number of non-ortho nitro benzene ring substituents is 1. The Morgan fingerprint density at radius 1 is 1.50 bits per heavy atom. The van der Waals surface area contributed by atoms with E-state index < -0.39 is 10.8 Å². The number of carbonyl (C=O) groups is 1. The van der Waals surface area contributed by atoms with Crippen LogP contribution in [0.15, 0.2) is 30.3 Å². The van der Waals surface area contributed by atoms with E-state index in [4.69, 9.17) is 12.2 Å². The Morgan fingerprint density at radius 2 is 2.22 bits per heavy atom. The Kier molecular flexibility index (Phi) is 4.94. The third-order valence-corrected chi connectivity index (χ3v) is 2.28. The lowest BCUT2D eigenvalue weighted by atomic mass is 10.2. The smallest absolute Gasteiger partial charge is 0.270 e. The molecule has 6 nitrogen and oxygen atoms in total. The predicted molar refractivity (Wildman–Crippen MR) is 71.9 cm³/mol. The van der Waals surface area contributed by atoms with Gasteiger partial charge in [-0.05, 0) is 23.9 Å². The van der Waals surface area contributed by atoms with E-state index in [1.54, 1.807) is 19.2 Å². The van der Waals surface area contributed by atoms with E-state index in [0.29, 0.717) is 5.56 Å². The molecule has 0 aliphatic heterocycles. The highest BCUT2D eigenvalue weighted by Gasteiger charge is 2.04. The van der Waals surface area contributed by atoms with Crippen molar-refractivity contribution in [1.29, 1.82) is 0 Å². The summed E-state index contributed by atoms with van der Waals surface area (Å²) in [5.74, 6) is -0.402. The molecule has 0 aliphatic rings. The lowest BCUT2D eigenvalue weighted by molar-refractivity contribution is -0.384. The van der Waals surface area contributed by atoms with Crippen molar-refractivity contribution in [3.05, 3.63) is 46.0 Å². The second kappa shape index (κ2) is 6.45. The van der Waals surface area contributed by atoms with Crippen molar-refractivity contribution in [2.75, 3.05) is 7.05 Å². The number of amides is 1. The van der Waals surface area contributed by atoms with Gasteiger partial charge in [-0.15, -0.1) is 0 Å². The van der Waals surface area contributed by atoms with Crippen LogP contribution in [-0.4, -0.2) is 23.0 Å². The van der Waals surface area contributed by atoms with E-state index in [1.807, 2.05) is 0 Å². The molecule has 0 saturated heterocycles. The molecule has 1 aromatic rings. The first-order chi connectivity index (χ1) is 8.52. The zero-order valence-electron chi connectivity index (χ0n) is 9.54. The van der Waals surface area contributed by atoms with Gasteiger partial charge in [0, 0.05) is 25.3 Å².